The molecule has 8 nitrogen and oxygen atoms in total. The first-order valence-electron chi connectivity index (χ1n) is 10.2. The van der Waals surface area contributed by atoms with Crippen LogP contribution in [0.5, 0.6) is 0 Å². The minimum absolute atomic E-state index is 0.00823. The van der Waals surface area contributed by atoms with Crippen LogP contribution in [0, 0.1) is 25.7 Å². The molecule has 3 saturated heterocycles. The molecule has 2 amide bonds. The summed E-state index contributed by atoms with van der Waals surface area (Å²) in [6.07, 6.45) is 4.41. The zero-order chi connectivity index (χ0) is 19.0. The second-order valence-electron chi connectivity index (χ2n) is 8.19. The highest BCUT2D eigenvalue weighted by Crippen LogP contribution is 2.39. The molecular weight excluding hydrogens is 344 g/mol. The van der Waals surface area contributed by atoms with Crippen molar-refractivity contribution in [1.82, 2.24) is 30.3 Å². The maximum absolute atomic E-state index is 13.0. The van der Waals surface area contributed by atoms with Crippen LogP contribution in [0.1, 0.15) is 43.8 Å². The van der Waals surface area contributed by atoms with E-state index in [9.17, 15) is 9.59 Å². The van der Waals surface area contributed by atoms with Gasteiger partial charge in [0.15, 0.2) is 0 Å². The first kappa shape index (κ1) is 18.4. The Balaban J connectivity index is 1.37. The Labute approximate surface area is 160 Å². The Kier molecular flexibility index (Phi) is 5.16. The van der Waals surface area contributed by atoms with E-state index in [4.69, 9.17) is 0 Å². The van der Waals surface area contributed by atoms with Gasteiger partial charge in [0.2, 0.25) is 11.8 Å². The lowest BCUT2D eigenvalue weighted by Gasteiger charge is -2.53. The number of carbonyl (C=O) groups excluding carboxylic acids is 2. The van der Waals surface area contributed by atoms with Crippen LogP contribution < -0.4 is 10.6 Å². The molecule has 0 radical (unpaired) electrons. The number of hydrogen-bond donors (Lipinski definition) is 2. The van der Waals surface area contributed by atoms with E-state index in [1.165, 1.54) is 0 Å². The summed E-state index contributed by atoms with van der Waals surface area (Å²) in [5.41, 5.74) is 0. The molecular formula is C19H30N6O2. The minimum Gasteiger partial charge on any atom is -0.354 e. The molecule has 8 heteroatoms. The van der Waals surface area contributed by atoms with E-state index in [0.29, 0.717) is 18.9 Å². The summed E-state index contributed by atoms with van der Waals surface area (Å²) >= 11 is 0. The summed E-state index contributed by atoms with van der Waals surface area (Å²) in [7, 11) is 0. The monoisotopic (exact) mass is 374 g/mol. The molecule has 2 bridgehead atoms. The fraction of sp³-hybridized carbons (Fsp3) is 0.789. The van der Waals surface area contributed by atoms with Crippen molar-refractivity contribution >= 4 is 11.8 Å². The van der Waals surface area contributed by atoms with Crippen molar-refractivity contribution in [1.29, 1.82) is 0 Å². The molecule has 0 aromatic carbocycles. The Hall–Kier alpha value is -1.96. The molecule has 3 aliphatic heterocycles. The van der Waals surface area contributed by atoms with Gasteiger partial charge in [-0.2, -0.15) is 5.10 Å². The maximum atomic E-state index is 13.0. The Morgan fingerprint density at radius 1 is 1.30 bits per heavy atom. The third kappa shape index (κ3) is 3.59. The molecule has 4 heterocycles. The predicted molar refractivity (Wildman–Crippen MR) is 99.9 cm³/mol. The van der Waals surface area contributed by atoms with Gasteiger partial charge in [0.25, 0.3) is 0 Å². The van der Waals surface area contributed by atoms with E-state index in [-0.39, 0.29) is 29.8 Å². The van der Waals surface area contributed by atoms with Gasteiger partial charge in [-0.15, -0.1) is 0 Å². The summed E-state index contributed by atoms with van der Waals surface area (Å²) in [4.78, 5) is 31.9. The van der Waals surface area contributed by atoms with Gasteiger partial charge in [-0.25, -0.2) is 4.98 Å². The number of piperidine rings is 3. The van der Waals surface area contributed by atoms with Gasteiger partial charge >= 0.3 is 0 Å². The highest BCUT2D eigenvalue weighted by Gasteiger charge is 2.50. The lowest BCUT2D eigenvalue weighted by molar-refractivity contribution is -0.157. The molecule has 148 valence electrons. The fourth-order valence-electron chi connectivity index (χ4n) is 5.17. The van der Waals surface area contributed by atoms with Crippen LogP contribution in [0.3, 0.4) is 0 Å². The highest BCUT2D eigenvalue weighted by molar-refractivity contribution is 5.89. The standard InChI is InChI=1S/C19H30N6O2/c1-12-22-13(2)24(23-12)8-4-7-21-19(27)18-15-9-14(10-20-11-15)16-5-3-6-17(26)25(16)18/h14-16,18,20H,3-11H2,1-2H3,(H,21,27)/t14-,15+,16+,18-/m1/s1. The van der Waals surface area contributed by atoms with Crippen molar-refractivity contribution in [2.24, 2.45) is 11.8 Å². The molecule has 27 heavy (non-hydrogen) atoms. The van der Waals surface area contributed by atoms with Gasteiger partial charge in [-0.1, -0.05) is 0 Å². The molecule has 1 aromatic rings. The molecule has 4 rings (SSSR count). The zero-order valence-corrected chi connectivity index (χ0v) is 16.3. The number of aromatic nitrogens is 3. The normalized spacial score (nSPS) is 30.1. The van der Waals surface area contributed by atoms with E-state index in [0.717, 1.165) is 57.0 Å². The van der Waals surface area contributed by atoms with Crippen LogP contribution in [0.25, 0.3) is 0 Å². The largest absolute Gasteiger partial charge is 0.354 e. The van der Waals surface area contributed by atoms with Crippen LogP contribution in [0.15, 0.2) is 0 Å². The highest BCUT2D eigenvalue weighted by atomic mass is 16.2. The van der Waals surface area contributed by atoms with Crippen LogP contribution in [-0.4, -0.2) is 63.2 Å². The van der Waals surface area contributed by atoms with Gasteiger partial charge in [-0.05, 0) is 52.0 Å². The molecule has 3 aliphatic rings. The first-order valence-corrected chi connectivity index (χ1v) is 10.2. The van der Waals surface area contributed by atoms with Crippen LogP contribution in [0.4, 0.5) is 0 Å². The van der Waals surface area contributed by atoms with Gasteiger partial charge in [0, 0.05) is 38.0 Å². The first-order chi connectivity index (χ1) is 13.0. The average Bonchev–Trinajstić information content (AvgIpc) is 2.97. The third-order valence-electron chi connectivity index (χ3n) is 6.32. The quantitative estimate of drug-likeness (QED) is 0.728. The number of amides is 2. The van der Waals surface area contributed by atoms with Crippen LogP contribution in [0.2, 0.25) is 0 Å². The maximum Gasteiger partial charge on any atom is 0.243 e. The average molecular weight is 374 g/mol. The second kappa shape index (κ2) is 7.58. The molecule has 0 aliphatic carbocycles. The van der Waals surface area contributed by atoms with Crippen molar-refractivity contribution in [3.63, 3.8) is 0 Å². The second-order valence-corrected chi connectivity index (χ2v) is 8.19. The topological polar surface area (TPSA) is 92.2 Å². The molecule has 0 unspecified atom stereocenters. The van der Waals surface area contributed by atoms with Crippen molar-refractivity contribution in [2.45, 2.75) is 64.6 Å². The van der Waals surface area contributed by atoms with Crippen molar-refractivity contribution in [3.8, 4) is 0 Å². The van der Waals surface area contributed by atoms with Crippen molar-refractivity contribution in [3.05, 3.63) is 11.6 Å². The minimum atomic E-state index is -0.317. The molecule has 4 atom stereocenters. The smallest absolute Gasteiger partial charge is 0.243 e. The number of carbonyl (C=O) groups is 2. The summed E-state index contributed by atoms with van der Waals surface area (Å²) < 4.78 is 1.88. The van der Waals surface area contributed by atoms with E-state index in [1.54, 1.807) is 0 Å². The summed E-state index contributed by atoms with van der Waals surface area (Å²) in [5, 5.41) is 10.9. The van der Waals surface area contributed by atoms with Crippen LogP contribution in [-0.2, 0) is 16.1 Å². The summed E-state index contributed by atoms with van der Waals surface area (Å²) in [5.74, 6) is 2.56. The predicted octanol–water partition coefficient (Wildman–Crippen LogP) is 0.390. The Bertz CT molecular complexity index is 717. The molecule has 2 N–H and O–H groups in total. The SMILES string of the molecule is Cc1nc(C)n(CCCNC(=O)[C@H]2[C@@H]3CNC[C@@H](C3)[C@@H]3CCCC(=O)N32)n1. The number of fused-ring (bicyclic) bond motifs is 4. The van der Waals surface area contributed by atoms with Crippen molar-refractivity contribution in [2.75, 3.05) is 19.6 Å². The number of nitrogens with one attached hydrogen (secondary N) is 2. The van der Waals surface area contributed by atoms with Gasteiger partial charge in [0.05, 0.1) is 0 Å². The van der Waals surface area contributed by atoms with Gasteiger partial charge < -0.3 is 15.5 Å². The van der Waals surface area contributed by atoms with E-state index in [1.807, 2.05) is 23.4 Å². The number of rotatable bonds is 5. The summed E-state index contributed by atoms with van der Waals surface area (Å²) in [6.45, 7) is 6.93. The number of aryl methyl sites for hydroxylation is 3. The Morgan fingerprint density at radius 3 is 2.89 bits per heavy atom. The lowest BCUT2D eigenvalue weighted by Crippen LogP contribution is -2.68. The fourth-order valence-corrected chi connectivity index (χ4v) is 5.17. The molecule has 0 saturated carbocycles. The Morgan fingerprint density at radius 2 is 2.11 bits per heavy atom. The van der Waals surface area contributed by atoms with Crippen LogP contribution >= 0.6 is 0 Å². The van der Waals surface area contributed by atoms with Crippen molar-refractivity contribution < 1.29 is 9.59 Å². The number of nitrogens with zero attached hydrogens (tertiary/aromatic N) is 4. The van der Waals surface area contributed by atoms with E-state index < -0.39 is 0 Å². The lowest BCUT2D eigenvalue weighted by atomic mass is 9.72. The van der Waals surface area contributed by atoms with E-state index >= 15 is 0 Å². The van der Waals surface area contributed by atoms with Gasteiger partial charge in [0.1, 0.15) is 17.7 Å². The van der Waals surface area contributed by atoms with E-state index in [2.05, 4.69) is 20.7 Å². The third-order valence-corrected chi connectivity index (χ3v) is 6.32. The molecule has 1 aromatic heterocycles. The number of hydrogen-bond acceptors (Lipinski definition) is 5. The molecule has 0 spiro atoms. The zero-order valence-electron chi connectivity index (χ0n) is 16.3. The van der Waals surface area contributed by atoms with Gasteiger partial charge in [-0.3, -0.25) is 14.3 Å². The molecule has 3 fully saturated rings. The summed E-state index contributed by atoms with van der Waals surface area (Å²) in [6, 6.07) is -0.0889.